The number of phenols is 1. The lowest BCUT2D eigenvalue weighted by Crippen LogP contribution is -2.12. The van der Waals surface area contributed by atoms with E-state index in [0.29, 0.717) is 25.4 Å². The van der Waals surface area contributed by atoms with Crippen molar-refractivity contribution in [2.75, 3.05) is 6.61 Å². The van der Waals surface area contributed by atoms with Crippen LogP contribution in [0.1, 0.15) is 18.1 Å². The van der Waals surface area contributed by atoms with Crippen LogP contribution in [-0.4, -0.2) is 11.7 Å². The molecule has 0 spiro atoms. The number of hydrogen-bond acceptors (Lipinski definition) is 3. The monoisotopic (exact) mass is 275 g/mol. The van der Waals surface area contributed by atoms with Gasteiger partial charge in [-0.25, -0.2) is 4.39 Å². The highest BCUT2D eigenvalue weighted by atomic mass is 19.1. The van der Waals surface area contributed by atoms with Crippen LogP contribution in [0.5, 0.6) is 11.5 Å². The number of phenolic OH excluding ortho intramolecular Hbond substituents is 1. The smallest absolute Gasteiger partial charge is 0.161 e. The fourth-order valence-electron chi connectivity index (χ4n) is 1.94. The standard InChI is InChI=1S/C16H18FNO2/c1-2-20-16-9-13(6-7-15(16)19)11-18-10-12-4-3-5-14(17)8-12/h3-9,18-19H,2,10-11H2,1H3. The van der Waals surface area contributed by atoms with E-state index in [9.17, 15) is 9.50 Å². The molecule has 0 aliphatic carbocycles. The maximum atomic E-state index is 13.0. The number of rotatable bonds is 6. The molecular formula is C16H18FNO2. The van der Waals surface area contributed by atoms with Gasteiger partial charge in [-0.2, -0.15) is 0 Å². The molecule has 0 unspecified atom stereocenters. The third kappa shape index (κ3) is 3.96. The summed E-state index contributed by atoms with van der Waals surface area (Å²) in [6.45, 7) is 3.58. The minimum absolute atomic E-state index is 0.140. The second kappa shape index (κ2) is 6.91. The van der Waals surface area contributed by atoms with Crippen molar-refractivity contribution in [2.24, 2.45) is 0 Å². The molecule has 0 heterocycles. The predicted molar refractivity (Wildman–Crippen MR) is 76.2 cm³/mol. The average molecular weight is 275 g/mol. The SMILES string of the molecule is CCOc1cc(CNCc2cccc(F)c2)ccc1O. The highest BCUT2D eigenvalue weighted by molar-refractivity contribution is 5.41. The Morgan fingerprint density at radius 2 is 1.85 bits per heavy atom. The fourth-order valence-corrected chi connectivity index (χ4v) is 1.94. The molecule has 3 nitrogen and oxygen atoms in total. The molecule has 0 aromatic heterocycles. The minimum atomic E-state index is -0.229. The Morgan fingerprint density at radius 3 is 2.55 bits per heavy atom. The van der Waals surface area contributed by atoms with Gasteiger partial charge in [0.05, 0.1) is 6.61 Å². The highest BCUT2D eigenvalue weighted by Crippen LogP contribution is 2.26. The molecule has 0 aliphatic heterocycles. The average Bonchev–Trinajstić information content (AvgIpc) is 2.43. The largest absolute Gasteiger partial charge is 0.504 e. The third-order valence-electron chi connectivity index (χ3n) is 2.87. The van der Waals surface area contributed by atoms with Crippen molar-refractivity contribution in [2.45, 2.75) is 20.0 Å². The Kier molecular flexibility index (Phi) is 4.96. The zero-order valence-electron chi connectivity index (χ0n) is 11.4. The van der Waals surface area contributed by atoms with E-state index in [0.717, 1.165) is 11.1 Å². The lowest BCUT2D eigenvalue weighted by atomic mass is 10.2. The van der Waals surface area contributed by atoms with E-state index in [4.69, 9.17) is 4.74 Å². The van der Waals surface area contributed by atoms with Crippen molar-refractivity contribution >= 4 is 0 Å². The summed E-state index contributed by atoms with van der Waals surface area (Å²) >= 11 is 0. The molecule has 0 saturated heterocycles. The first kappa shape index (κ1) is 14.3. The van der Waals surface area contributed by atoms with Gasteiger partial charge in [0, 0.05) is 13.1 Å². The zero-order chi connectivity index (χ0) is 14.4. The van der Waals surface area contributed by atoms with Crippen LogP contribution in [0.25, 0.3) is 0 Å². The van der Waals surface area contributed by atoms with Gasteiger partial charge < -0.3 is 15.2 Å². The molecule has 0 saturated carbocycles. The van der Waals surface area contributed by atoms with Crippen LogP contribution < -0.4 is 10.1 Å². The van der Waals surface area contributed by atoms with Gasteiger partial charge in [0.2, 0.25) is 0 Å². The molecule has 0 fully saturated rings. The molecule has 2 aromatic carbocycles. The van der Waals surface area contributed by atoms with Crippen molar-refractivity contribution in [1.29, 1.82) is 0 Å². The summed E-state index contributed by atoms with van der Waals surface area (Å²) in [5.74, 6) is 0.394. The van der Waals surface area contributed by atoms with Gasteiger partial charge in [-0.15, -0.1) is 0 Å². The summed E-state index contributed by atoms with van der Waals surface area (Å²) < 4.78 is 18.4. The van der Waals surface area contributed by atoms with Gasteiger partial charge in [0.25, 0.3) is 0 Å². The van der Waals surface area contributed by atoms with Gasteiger partial charge >= 0.3 is 0 Å². The van der Waals surface area contributed by atoms with Crippen LogP contribution in [0.2, 0.25) is 0 Å². The van der Waals surface area contributed by atoms with E-state index < -0.39 is 0 Å². The first-order chi connectivity index (χ1) is 9.69. The van der Waals surface area contributed by atoms with Crippen LogP contribution in [0.3, 0.4) is 0 Å². The molecule has 0 atom stereocenters. The van der Waals surface area contributed by atoms with Gasteiger partial charge in [-0.3, -0.25) is 0 Å². The number of ether oxygens (including phenoxy) is 1. The molecule has 0 amide bonds. The Hall–Kier alpha value is -2.07. The van der Waals surface area contributed by atoms with E-state index in [2.05, 4.69) is 5.32 Å². The summed E-state index contributed by atoms with van der Waals surface area (Å²) in [4.78, 5) is 0. The number of nitrogens with one attached hydrogen (secondary N) is 1. The second-order valence-corrected chi connectivity index (χ2v) is 4.47. The molecule has 4 heteroatoms. The fraction of sp³-hybridized carbons (Fsp3) is 0.250. The van der Waals surface area contributed by atoms with Crippen LogP contribution in [0.4, 0.5) is 4.39 Å². The van der Waals surface area contributed by atoms with Crippen LogP contribution in [0.15, 0.2) is 42.5 Å². The Labute approximate surface area is 118 Å². The van der Waals surface area contributed by atoms with E-state index in [1.807, 2.05) is 19.1 Å². The predicted octanol–water partition coefficient (Wildman–Crippen LogP) is 3.22. The molecule has 0 bridgehead atoms. The third-order valence-corrected chi connectivity index (χ3v) is 2.87. The van der Waals surface area contributed by atoms with Crippen molar-refractivity contribution in [1.82, 2.24) is 5.32 Å². The van der Waals surface area contributed by atoms with Gasteiger partial charge in [-0.05, 0) is 42.3 Å². The Balaban J connectivity index is 1.92. The summed E-state index contributed by atoms with van der Waals surface area (Å²) in [5, 5.41) is 12.8. The van der Waals surface area contributed by atoms with Crippen molar-refractivity contribution in [3.05, 3.63) is 59.4 Å². The maximum absolute atomic E-state index is 13.0. The maximum Gasteiger partial charge on any atom is 0.161 e. The van der Waals surface area contributed by atoms with E-state index in [1.165, 1.54) is 12.1 Å². The molecule has 2 N–H and O–H groups in total. The first-order valence-electron chi connectivity index (χ1n) is 6.59. The summed E-state index contributed by atoms with van der Waals surface area (Å²) in [6.07, 6.45) is 0. The molecular weight excluding hydrogens is 257 g/mol. The number of aromatic hydroxyl groups is 1. The molecule has 2 rings (SSSR count). The minimum Gasteiger partial charge on any atom is -0.504 e. The first-order valence-corrected chi connectivity index (χ1v) is 6.59. The molecule has 2 aromatic rings. The van der Waals surface area contributed by atoms with Gasteiger partial charge in [-0.1, -0.05) is 18.2 Å². The quantitative estimate of drug-likeness (QED) is 0.850. The second-order valence-electron chi connectivity index (χ2n) is 4.47. The molecule has 0 aliphatic rings. The van der Waals surface area contributed by atoms with Crippen LogP contribution >= 0.6 is 0 Å². The van der Waals surface area contributed by atoms with Crippen LogP contribution in [0, 0.1) is 5.82 Å². The van der Waals surface area contributed by atoms with Crippen molar-refractivity contribution in [3.63, 3.8) is 0 Å². The molecule has 0 radical (unpaired) electrons. The van der Waals surface area contributed by atoms with Crippen LogP contribution in [-0.2, 0) is 13.1 Å². The van der Waals surface area contributed by atoms with E-state index in [1.54, 1.807) is 18.2 Å². The van der Waals surface area contributed by atoms with Gasteiger partial charge in [0.15, 0.2) is 11.5 Å². The highest BCUT2D eigenvalue weighted by Gasteiger charge is 2.03. The summed E-state index contributed by atoms with van der Waals surface area (Å²) in [6, 6.07) is 11.8. The van der Waals surface area contributed by atoms with Gasteiger partial charge in [0.1, 0.15) is 5.82 Å². The zero-order valence-corrected chi connectivity index (χ0v) is 11.4. The molecule has 20 heavy (non-hydrogen) atoms. The van der Waals surface area contributed by atoms with E-state index >= 15 is 0 Å². The normalized spacial score (nSPS) is 10.5. The van der Waals surface area contributed by atoms with Crippen molar-refractivity contribution < 1.29 is 14.2 Å². The molecule has 106 valence electrons. The Morgan fingerprint density at radius 1 is 1.10 bits per heavy atom. The lowest BCUT2D eigenvalue weighted by Gasteiger charge is -2.09. The summed E-state index contributed by atoms with van der Waals surface area (Å²) in [5.41, 5.74) is 1.90. The summed E-state index contributed by atoms with van der Waals surface area (Å²) in [7, 11) is 0. The topological polar surface area (TPSA) is 41.5 Å². The van der Waals surface area contributed by atoms with Crippen molar-refractivity contribution in [3.8, 4) is 11.5 Å². The van der Waals surface area contributed by atoms with E-state index in [-0.39, 0.29) is 11.6 Å². The number of benzene rings is 2. The number of halogens is 1. The number of hydrogen-bond donors (Lipinski definition) is 2. The lowest BCUT2D eigenvalue weighted by molar-refractivity contribution is 0.317. The Bertz CT molecular complexity index is 572.